The second-order valence-corrected chi connectivity index (χ2v) is 4.44. The van der Waals surface area contributed by atoms with Gasteiger partial charge in [-0.25, -0.2) is 15.0 Å². The lowest BCUT2D eigenvalue weighted by Crippen LogP contribution is -1.87. The predicted molar refractivity (Wildman–Crippen MR) is 57.6 cm³/mol. The van der Waals surface area contributed by atoms with Gasteiger partial charge in [-0.2, -0.15) is 0 Å². The van der Waals surface area contributed by atoms with Crippen LogP contribution in [-0.4, -0.2) is 15.0 Å². The van der Waals surface area contributed by atoms with Crippen LogP contribution < -0.4 is 0 Å². The molecule has 0 bridgehead atoms. The Morgan fingerprint density at radius 3 is 2.64 bits per heavy atom. The van der Waals surface area contributed by atoms with E-state index in [1.807, 2.05) is 13.8 Å². The van der Waals surface area contributed by atoms with E-state index in [0.29, 0.717) is 11.0 Å². The van der Waals surface area contributed by atoms with Crippen LogP contribution in [0.2, 0.25) is 5.15 Å². The van der Waals surface area contributed by atoms with Crippen LogP contribution in [0.3, 0.4) is 0 Å². The molecule has 0 saturated heterocycles. The summed E-state index contributed by atoms with van der Waals surface area (Å²) in [6.07, 6.45) is 1.65. The topological polar surface area (TPSA) is 38.7 Å². The minimum absolute atomic E-state index is 0.459. The molecule has 2 aromatic rings. The van der Waals surface area contributed by atoms with E-state index in [9.17, 15) is 0 Å². The lowest BCUT2D eigenvalue weighted by atomic mass is 10.4. The number of hydrogen-bond donors (Lipinski definition) is 0. The first-order valence-electron chi connectivity index (χ1n) is 4.10. The maximum Gasteiger partial charge on any atom is 0.172 e. The van der Waals surface area contributed by atoms with Crippen LogP contribution in [0.25, 0.3) is 10.7 Å². The Hall–Kier alpha value is -1.00. The molecule has 0 radical (unpaired) electrons. The number of thiazole rings is 1. The largest absolute Gasteiger partial charge is 0.246 e. The van der Waals surface area contributed by atoms with Crippen molar-refractivity contribution in [1.82, 2.24) is 15.0 Å². The fraction of sp³-hybridized carbons (Fsp3) is 0.222. The van der Waals surface area contributed by atoms with Crippen LogP contribution in [0.1, 0.15) is 10.7 Å². The van der Waals surface area contributed by atoms with Crippen LogP contribution in [0.4, 0.5) is 0 Å². The van der Waals surface area contributed by atoms with E-state index >= 15 is 0 Å². The molecule has 0 saturated carbocycles. The van der Waals surface area contributed by atoms with Gasteiger partial charge in [0.15, 0.2) is 5.82 Å². The molecule has 14 heavy (non-hydrogen) atoms. The summed E-state index contributed by atoms with van der Waals surface area (Å²) in [6, 6.07) is 1.66. The molecule has 3 nitrogen and oxygen atoms in total. The summed E-state index contributed by atoms with van der Waals surface area (Å²) in [5, 5.41) is 1.47. The van der Waals surface area contributed by atoms with Gasteiger partial charge >= 0.3 is 0 Å². The zero-order valence-corrected chi connectivity index (χ0v) is 9.35. The predicted octanol–water partition coefficient (Wildman–Crippen LogP) is 2.87. The fourth-order valence-electron chi connectivity index (χ4n) is 1.18. The second-order valence-electron chi connectivity index (χ2n) is 2.85. The number of hydrogen-bond acceptors (Lipinski definition) is 4. The molecule has 2 aromatic heterocycles. The number of rotatable bonds is 1. The summed E-state index contributed by atoms with van der Waals surface area (Å²) in [7, 11) is 0. The Morgan fingerprint density at radius 1 is 1.29 bits per heavy atom. The zero-order valence-electron chi connectivity index (χ0n) is 7.78. The Balaban J connectivity index is 2.54. The van der Waals surface area contributed by atoms with Crippen molar-refractivity contribution in [2.45, 2.75) is 13.8 Å². The summed E-state index contributed by atoms with van der Waals surface area (Å²) in [5.41, 5.74) is 0.953. The highest BCUT2D eigenvalue weighted by Crippen LogP contribution is 2.26. The van der Waals surface area contributed by atoms with Gasteiger partial charge in [0.05, 0.1) is 15.6 Å². The summed E-state index contributed by atoms with van der Waals surface area (Å²) < 4.78 is 0. The second kappa shape index (κ2) is 3.63. The van der Waals surface area contributed by atoms with Crippen molar-refractivity contribution in [3.05, 3.63) is 28.1 Å². The molecule has 0 aliphatic rings. The normalized spacial score (nSPS) is 10.5. The Kier molecular flexibility index (Phi) is 2.48. The van der Waals surface area contributed by atoms with Gasteiger partial charge in [0.1, 0.15) is 5.15 Å². The number of halogens is 1. The SMILES string of the molecule is Cc1nc(C)c(-c2nccc(Cl)n2)s1. The maximum absolute atomic E-state index is 5.79. The van der Waals surface area contributed by atoms with Gasteiger partial charge in [-0.3, -0.25) is 0 Å². The monoisotopic (exact) mass is 225 g/mol. The van der Waals surface area contributed by atoms with Gasteiger partial charge in [-0.05, 0) is 19.9 Å². The molecular weight excluding hydrogens is 218 g/mol. The molecule has 0 unspecified atom stereocenters. The standard InChI is InChI=1S/C9H8ClN3S/c1-5-8(14-6(2)12-5)9-11-4-3-7(10)13-9/h3-4H,1-2H3. The third kappa shape index (κ3) is 1.76. The highest BCUT2D eigenvalue weighted by molar-refractivity contribution is 7.15. The van der Waals surface area contributed by atoms with Gasteiger partial charge in [0.25, 0.3) is 0 Å². The molecule has 0 aliphatic carbocycles. The lowest BCUT2D eigenvalue weighted by molar-refractivity contribution is 1.15. The maximum atomic E-state index is 5.79. The summed E-state index contributed by atoms with van der Waals surface area (Å²) in [4.78, 5) is 13.6. The van der Waals surface area contributed by atoms with Crippen LogP contribution in [0.15, 0.2) is 12.3 Å². The quantitative estimate of drug-likeness (QED) is 0.701. The molecule has 0 N–H and O–H groups in total. The summed E-state index contributed by atoms with van der Waals surface area (Å²) in [5.74, 6) is 0.653. The molecule has 0 aromatic carbocycles. The third-order valence-electron chi connectivity index (χ3n) is 1.73. The van der Waals surface area contributed by atoms with E-state index < -0.39 is 0 Å². The van der Waals surface area contributed by atoms with Gasteiger partial charge in [0, 0.05) is 6.20 Å². The van der Waals surface area contributed by atoms with E-state index in [1.165, 1.54) is 0 Å². The average molecular weight is 226 g/mol. The number of aryl methyl sites for hydroxylation is 2. The first-order valence-corrected chi connectivity index (χ1v) is 5.29. The minimum Gasteiger partial charge on any atom is -0.246 e. The van der Waals surface area contributed by atoms with Gasteiger partial charge in [0.2, 0.25) is 0 Å². The zero-order chi connectivity index (χ0) is 10.1. The molecule has 0 spiro atoms. The number of aromatic nitrogens is 3. The number of nitrogens with zero attached hydrogens (tertiary/aromatic N) is 3. The summed E-state index contributed by atoms with van der Waals surface area (Å²) in [6.45, 7) is 3.91. The van der Waals surface area contributed by atoms with Gasteiger partial charge < -0.3 is 0 Å². The molecule has 0 atom stereocenters. The van der Waals surface area contributed by atoms with Gasteiger partial charge in [-0.1, -0.05) is 11.6 Å². The Bertz CT molecular complexity index is 467. The molecule has 0 amide bonds. The highest BCUT2D eigenvalue weighted by atomic mass is 35.5. The third-order valence-corrected chi connectivity index (χ3v) is 3.01. The van der Waals surface area contributed by atoms with Crippen LogP contribution in [0.5, 0.6) is 0 Å². The molecular formula is C9H8ClN3S. The van der Waals surface area contributed by atoms with Crippen LogP contribution in [-0.2, 0) is 0 Å². The van der Waals surface area contributed by atoms with E-state index in [0.717, 1.165) is 15.6 Å². The first-order chi connectivity index (χ1) is 6.66. The van der Waals surface area contributed by atoms with Crippen molar-refractivity contribution in [3.63, 3.8) is 0 Å². The van der Waals surface area contributed by atoms with Gasteiger partial charge in [-0.15, -0.1) is 11.3 Å². The fourth-order valence-corrected chi connectivity index (χ4v) is 2.18. The molecule has 0 aliphatic heterocycles. The molecule has 5 heteroatoms. The van der Waals surface area contributed by atoms with E-state index in [1.54, 1.807) is 23.6 Å². The molecule has 2 rings (SSSR count). The Morgan fingerprint density at radius 2 is 2.07 bits per heavy atom. The Labute approximate surface area is 90.8 Å². The van der Waals surface area contributed by atoms with Crippen molar-refractivity contribution in [2.75, 3.05) is 0 Å². The van der Waals surface area contributed by atoms with Crippen molar-refractivity contribution in [3.8, 4) is 10.7 Å². The van der Waals surface area contributed by atoms with Crippen LogP contribution >= 0.6 is 22.9 Å². The lowest BCUT2D eigenvalue weighted by Gasteiger charge is -1.96. The molecule has 0 fully saturated rings. The minimum atomic E-state index is 0.459. The molecule has 72 valence electrons. The summed E-state index contributed by atoms with van der Waals surface area (Å²) >= 11 is 7.37. The molecule has 2 heterocycles. The van der Waals surface area contributed by atoms with E-state index in [4.69, 9.17) is 11.6 Å². The average Bonchev–Trinajstić information content (AvgIpc) is 2.45. The van der Waals surface area contributed by atoms with E-state index in [2.05, 4.69) is 15.0 Å². The van der Waals surface area contributed by atoms with Crippen molar-refractivity contribution in [1.29, 1.82) is 0 Å². The van der Waals surface area contributed by atoms with Crippen LogP contribution in [0, 0.1) is 13.8 Å². The first kappa shape index (κ1) is 9.55. The van der Waals surface area contributed by atoms with E-state index in [-0.39, 0.29) is 0 Å². The smallest absolute Gasteiger partial charge is 0.172 e. The van der Waals surface area contributed by atoms with Crippen molar-refractivity contribution < 1.29 is 0 Å². The highest BCUT2D eigenvalue weighted by Gasteiger charge is 2.09. The van der Waals surface area contributed by atoms with Crippen molar-refractivity contribution >= 4 is 22.9 Å². The van der Waals surface area contributed by atoms with Crippen molar-refractivity contribution in [2.24, 2.45) is 0 Å².